The minimum absolute atomic E-state index is 0.213. The van der Waals surface area contributed by atoms with Gasteiger partial charge in [0.25, 0.3) is 0 Å². The molecule has 0 saturated heterocycles. The van der Waals surface area contributed by atoms with E-state index in [0.29, 0.717) is 24.0 Å². The van der Waals surface area contributed by atoms with E-state index in [1.165, 1.54) is 11.3 Å². The van der Waals surface area contributed by atoms with Crippen molar-refractivity contribution in [3.05, 3.63) is 16.1 Å². The van der Waals surface area contributed by atoms with Crippen molar-refractivity contribution in [2.75, 3.05) is 13.7 Å². The number of carbonyl (C=O) groups excluding carboxylic acids is 1. The number of aliphatic hydroxyl groups is 1. The number of hydrogen-bond acceptors (Lipinski definition) is 6. The molecule has 0 spiro atoms. The number of nitrogens with one attached hydrogen (secondary N) is 1. The molecule has 5 nitrogen and oxygen atoms in total. The Balaban J connectivity index is 2.67. The predicted molar refractivity (Wildman–Crippen MR) is 75.3 cm³/mol. The average Bonchev–Trinajstić information content (AvgIpc) is 2.85. The van der Waals surface area contributed by atoms with Crippen LogP contribution in [0.15, 0.2) is 5.38 Å². The summed E-state index contributed by atoms with van der Waals surface area (Å²) in [6.07, 6.45) is -0.0859. The van der Waals surface area contributed by atoms with E-state index >= 15 is 0 Å². The highest BCUT2D eigenvalue weighted by Gasteiger charge is 2.21. The van der Waals surface area contributed by atoms with Gasteiger partial charge in [0.2, 0.25) is 0 Å². The summed E-state index contributed by atoms with van der Waals surface area (Å²) in [7, 11) is 1.88. The minimum Gasteiger partial charge on any atom is -0.461 e. The minimum atomic E-state index is -0.659. The number of thiazole rings is 1. The number of nitrogens with zero attached hydrogens (tertiary/aromatic N) is 1. The van der Waals surface area contributed by atoms with Crippen LogP contribution in [0.25, 0.3) is 0 Å². The third kappa shape index (κ3) is 4.56. The molecule has 1 heterocycles. The molecule has 1 unspecified atom stereocenters. The zero-order chi connectivity index (χ0) is 14.4. The summed E-state index contributed by atoms with van der Waals surface area (Å²) in [5, 5.41) is 15.5. The Morgan fingerprint density at radius 3 is 2.79 bits per heavy atom. The van der Waals surface area contributed by atoms with Crippen molar-refractivity contribution >= 4 is 17.3 Å². The molecule has 0 aliphatic carbocycles. The van der Waals surface area contributed by atoms with Crippen LogP contribution in [0.4, 0.5) is 0 Å². The van der Waals surface area contributed by atoms with Gasteiger partial charge in [0, 0.05) is 11.4 Å². The van der Waals surface area contributed by atoms with Gasteiger partial charge < -0.3 is 15.2 Å². The molecule has 0 saturated carbocycles. The topological polar surface area (TPSA) is 71.5 Å². The van der Waals surface area contributed by atoms with Crippen molar-refractivity contribution in [3.63, 3.8) is 0 Å². The molecule has 108 valence electrons. The van der Waals surface area contributed by atoms with Gasteiger partial charge in [-0.05, 0) is 26.3 Å². The standard InChI is InChI=1S/C13H22N2O3S/c1-5-18-13(17)10-7-19-12(15-10)11(16)6-9(14-4)8(2)3/h7-9,11,14,16H,5-6H2,1-4H3/t9-,11?/m1/s1. The van der Waals surface area contributed by atoms with Crippen LogP contribution in [-0.4, -0.2) is 35.8 Å². The molecular weight excluding hydrogens is 264 g/mol. The summed E-state index contributed by atoms with van der Waals surface area (Å²) in [6, 6.07) is 0.213. The van der Waals surface area contributed by atoms with Crippen LogP contribution < -0.4 is 5.32 Å². The molecule has 0 bridgehead atoms. The molecule has 19 heavy (non-hydrogen) atoms. The quantitative estimate of drug-likeness (QED) is 0.750. The lowest BCUT2D eigenvalue weighted by Crippen LogP contribution is -2.32. The van der Waals surface area contributed by atoms with Crippen molar-refractivity contribution in [1.29, 1.82) is 0 Å². The van der Waals surface area contributed by atoms with Crippen molar-refractivity contribution in [1.82, 2.24) is 10.3 Å². The molecule has 1 aromatic heterocycles. The molecule has 1 aromatic rings. The maximum Gasteiger partial charge on any atom is 0.357 e. The van der Waals surface area contributed by atoms with E-state index < -0.39 is 12.1 Å². The van der Waals surface area contributed by atoms with Crippen LogP contribution >= 0.6 is 11.3 Å². The fraction of sp³-hybridized carbons (Fsp3) is 0.692. The van der Waals surface area contributed by atoms with Gasteiger partial charge in [-0.15, -0.1) is 11.3 Å². The van der Waals surface area contributed by atoms with E-state index in [-0.39, 0.29) is 11.7 Å². The number of rotatable bonds is 7. The lowest BCUT2D eigenvalue weighted by molar-refractivity contribution is 0.0519. The van der Waals surface area contributed by atoms with Crippen molar-refractivity contribution in [2.45, 2.75) is 39.3 Å². The molecule has 6 heteroatoms. The molecular formula is C13H22N2O3S. The Morgan fingerprint density at radius 1 is 1.58 bits per heavy atom. The van der Waals surface area contributed by atoms with Gasteiger partial charge in [-0.2, -0.15) is 0 Å². The predicted octanol–water partition coefficient (Wildman–Crippen LogP) is 1.99. The fourth-order valence-electron chi connectivity index (χ4n) is 1.80. The van der Waals surface area contributed by atoms with Crippen molar-refractivity contribution < 1.29 is 14.6 Å². The highest BCUT2D eigenvalue weighted by atomic mass is 32.1. The molecule has 0 aliphatic rings. The van der Waals surface area contributed by atoms with Gasteiger partial charge in [0.15, 0.2) is 5.69 Å². The first-order valence-corrected chi connectivity index (χ1v) is 7.35. The molecule has 0 aliphatic heterocycles. The normalized spacial score (nSPS) is 14.4. The highest BCUT2D eigenvalue weighted by Crippen LogP contribution is 2.24. The number of hydrogen-bond donors (Lipinski definition) is 2. The fourth-order valence-corrected chi connectivity index (χ4v) is 2.59. The summed E-state index contributed by atoms with van der Waals surface area (Å²) in [6.45, 7) is 6.27. The lowest BCUT2D eigenvalue weighted by Gasteiger charge is -2.22. The Hall–Kier alpha value is -0.980. The highest BCUT2D eigenvalue weighted by molar-refractivity contribution is 7.09. The van der Waals surface area contributed by atoms with E-state index in [9.17, 15) is 9.90 Å². The maximum absolute atomic E-state index is 11.5. The van der Waals surface area contributed by atoms with Gasteiger partial charge in [0.05, 0.1) is 6.61 Å². The van der Waals surface area contributed by atoms with E-state index in [0.717, 1.165) is 0 Å². The van der Waals surface area contributed by atoms with E-state index in [1.54, 1.807) is 12.3 Å². The summed E-state index contributed by atoms with van der Waals surface area (Å²) in [5.74, 6) is -0.0182. The molecule has 0 amide bonds. The first-order valence-electron chi connectivity index (χ1n) is 6.47. The van der Waals surface area contributed by atoms with Gasteiger partial charge in [-0.3, -0.25) is 0 Å². The Labute approximate surface area is 118 Å². The van der Waals surface area contributed by atoms with Crippen molar-refractivity contribution in [3.8, 4) is 0 Å². The largest absolute Gasteiger partial charge is 0.461 e. The summed E-state index contributed by atoms with van der Waals surface area (Å²) >= 11 is 1.29. The summed E-state index contributed by atoms with van der Waals surface area (Å²) < 4.78 is 4.87. The first-order chi connectivity index (χ1) is 8.99. The Bertz CT molecular complexity index is 406. The van der Waals surface area contributed by atoms with E-state index in [2.05, 4.69) is 24.1 Å². The van der Waals surface area contributed by atoms with Gasteiger partial charge in [0.1, 0.15) is 11.1 Å². The Morgan fingerprint density at radius 2 is 2.26 bits per heavy atom. The van der Waals surface area contributed by atoms with Crippen LogP contribution in [0.1, 0.15) is 48.8 Å². The Kier molecular flexibility index (Phi) is 6.41. The van der Waals surface area contributed by atoms with Gasteiger partial charge in [-0.1, -0.05) is 13.8 Å². The van der Waals surface area contributed by atoms with E-state index in [4.69, 9.17) is 4.74 Å². The molecule has 0 fully saturated rings. The third-order valence-corrected chi connectivity index (χ3v) is 3.89. The summed E-state index contributed by atoms with van der Waals surface area (Å²) in [5.41, 5.74) is 0.270. The zero-order valence-electron chi connectivity index (χ0n) is 11.8. The monoisotopic (exact) mass is 286 g/mol. The first kappa shape index (κ1) is 16.1. The number of esters is 1. The molecule has 0 aromatic carbocycles. The van der Waals surface area contributed by atoms with Gasteiger partial charge in [-0.25, -0.2) is 9.78 Å². The summed E-state index contributed by atoms with van der Waals surface area (Å²) in [4.78, 5) is 15.6. The second kappa shape index (κ2) is 7.57. The van der Waals surface area contributed by atoms with Crippen molar-refractivity contribution in [2.24, 2.45) is 5.92 Å². The second-order valence-electron chi connectivity index (χ2n) is 4.68. The third-order valence-electron chi connectivity index (χ3n) is 2.94. The molecule has 0 radical (unpaired) electrons. The smallest absolute Gasteiger partial charge is 0.357 e. The second-order valence-corrected chi connectivity index (χ2v) is 5.57. The number of ether oxygens (including phenoxy) is 1. The van der Waals surface area contributed by atoms with Crippen LogP contribution in [0.2, 0.25) is 0 Å². The SMILES string of the molecule is CCOC(=O)c1csc(C(O)C[C@@H](NC)C(C)C)n1. The molecule has 1 rings (SSSR count). The lowest BCUT2D eigenvalue weighted by atomic mass is 9.98. The van der Waals surface area contributed by atoms with Gasteiger partial charge >= 0.3 is 5.97 Å². The number of aliphatic hydroxyl groups excluding tert-OH is 1. The number of carbonyl (C=O) groups is 1. The molecule has 2 N–H and O–H groups in total. The van der Waals surface area contributed by atoms with Crippen LogP contribution in [0.3, 0.4) is 0 Å². The van der Waals surface area contributed by atoms with Crippen LogP contribution in [0, 0.1) is 5.92 Å². The van der Waals surface area contributed by atoms with E-state index in [1.807, 2.05) is 7.05 Å². The van der Waals surface area contributed by atoms with Crippen LogP contribution in [-0.2, 0) is 4.74 Å². The zero-order valence-corrected chi connectivity index (χ0v) is 12.7. The van der Waals surface area contributed by atoms with Crippen LogP contribution in [0.5, 0.6) is 0 Å². The molecule has 2 atom stereocenters. The average molecular weight is 286 g/mol. The maximum atomic E-state index is 11.5. The number of aromatic nitrogens is 1.